The number of aliphatic imine (C=N–C) groups is 1. The predicted octanol–water partition coefficient (Wildman–Crippen LogP) is 4.07. The molecule has 1 N–H and O–H groups in total. The molecule has 1 saturated heterocycles. The van der Waals surface area contributed by atoms with Gasteiger partial charge in [-0.3, -0.25) is 0 Å². The van der Waals surface area contributed by atoms with Crippen molar-refractivity contribution in [3.05, 3.63) is 23.8 Å². The number of halogens is 1. The first-order valence-corrected chi connectivity index (χ1v) is 10.6. The molecule has 29 heavy (non-hydrogen) atoms. The van der Waals surface area contributed by atoms with Crippen LogP contribution in [0.3, 0.4) is 0 Å². The minimum absolute atomic E-state index is 0. The Morgan fingerprint density at radius 2 is 2.03 bits per heavy atom. The maximum atomic E-state index is 6.14. The number of ether oxygens (including phenoxy) is 3. The third-order valence-corrected chi connectivity index (χ3v) is 5.49. The summed E-state index contributed by atoms with van der Waals surface area (Å²) in [6.45, 7) is 6.24. The Hall–Kier alpha value is -1.22. The number of hydrogen-bond donors (Lipinski definition) is 1. The van der Waals surface area contributed by atoms with E-state index in [0.717, 1.165) is 68.6 Å². The molecule has 164 valence electrons. The van der Waals surface area contributed by atoms with Crippen LogP contribution in [0.2, 0.25) is 0 Å². The highest BCUT2D eigenvalue weighted by Gasteiger charge is 2.20. The lowest BCUT2D eigenvalue weighted by atomic mass is 10.1. The van der Waals surface area contributed by atoms with Gasteiger partial charge in [-0.2, -0.15) is 0 Å². The summed E-state index contributed by atoms with van der Waals surface area (Å²) in [5.74, 6) is 3.15. The van der Waals surface area contributed by atoms with E-state index in [4.69, 9.17) is 19.2 Å². The molecule has 2 aliphatic rings. The highest BCUT2D eigenvalue weighted by molar-refractivity contribution is 14.0. The molecule has 1 atom stereocenters. The standard InChI is InChI=1S/C22H35N3O3.HI/c1-4-23-22(25(2)15-18-11-12-27-16-18)24-14-17-9-10-20(21(13-17)26-3)28-19-7-5-6-8-19;/h9-10,13,18-19H,4-8,11-12,14-16H2,1-3H3,(H,23,24);1H. The second-order valence-corrected chi connectivity index (χ2v) is 7.79. The summed E-state index contributed by atoms with van der Waals surface area (Å²) >= 11 is 0. The van der Waals surface area contributed by atoms with E-state index in [1.165, 1.54) is 12.8 Å². The number of hydrogen-bond acceptors (Lipinski definition) is 4. The molecule has 0 radical (unpaired) electrons. The second-order valence-electron chi connectivity index (χ2n) is 7.79. The van der Waals surface area contributed by atoms with Gasteiger partial charge in [0.05, 0.1) is 26.4 Å². The van der Waals surface area contributed by atoms with Crippen molar-refractivity contribution in [3.8, 4) is 11.5 Å². The fourth-order valence-electron chi connectivity index (χ4n) is 3.93. The first-order chi connectivity index (χ1) is 13.7. The molecule has 0 amide bonds. The molecule has 1 aromatic carbocycles. The summed E-state index contributed by atoms with van der Waals surface area (Å²) in [7, 11) is 3.80. The fourth-order valence-corrected chi connectivity index (χ4v) is 3.93. The molecular weight excluding hydrogens is 481 g/mol. The van der Waals surface area contributed by atoms with Crippen LogP contribution in [0, 0.1) is 5.92 Å². The normalized spacial score (nSPS) is 19.7. The van der Waals surface area contributed by atoms with Crippen molar-refractivity contribution in [3.63, 3.8) is 0 Å². The zero-order chi connectivity index (χ0) is 19.8. The quantitative estimate of drug-likeness (QED) is 0.320. The van der Waals surface area contributed by atoms with Gasteiger partial charge in [-0.05, 0) is 56.7 Å². The molecule has 2 fully saturated rings. The van der Waals surface area contributed by atoms with Crippen LogP contribution in [0.25, 0.3) is 0 Å². The summed E-state index contributed by atoms with van der Waals surface area (Å²) in [5.41, 5.74) is 1.11. The van der Waals surface area contributed by atoms with Crippen LogP contribution in [0.5, 0.6) is 11.5 Å². The van der Waals surface area contributed by atoms with Crippen molar-refractivity contribution in [1.82, 2.24) is 10.2 Å². The average Bonchev–Trinajstić information content (AvgIpc) is 3.40. The van der Waals surface area contributed by atoms with Crippen molar-refractivity contribution in [2.24, 2.45) is 10.9 Å². The number of guanidine groups is 1. The van der Waals surface area contributed by atoms with Gasteiger partial charge < -0.3 is 24.4 Å². The Kier molecular flexibility index (Phi) is 10.3. The lowest BCUT2D eigenvalue weighted by Gasteiger charge is -2.24. The molecule has 1 aliphatic carbocycles. The molecule has 1 heterocycles. The van der Waals surface area contributed by atoms with Crippen molar-refractivity contribution in [1.29, 1.82) is 0 Å². The first kappa shape index (κ1) is 24.1. The lowest BCUT2D eigenvalue weighted by molar-refractivity contribution is 0.181. The summed E-state index contributed by atoms with van der Waals surface area (Å²) < 4.78 is 17.2. The van der Waals surface area contributed by atoms with Gasteiger partial charge in [-0.1, -0.05) is 6.07 Å². The molecule has 7 heteroatoms. The van der Waals surface area contributed by atoms with Gasteiger partial charge in [0.15, 0.2) is 17.5 Å². The molecule has 0 aromatic heterocycles. The Morgan fingerprint density at radius 1 is 1.24 bits per heavy atom. The Labute approximate surface area is 192 Å². The van der Waals surface area contributed by atoms with Crippen LogP contribution in [-0.4, -0.2) is 57.4 Å². The van der Waals surface area contributed by atoms with Gasteiger partial charge >= 0.3 is 0 Å². The van der Waals surface area contributed by atoms with Crippen LogP contribution in [0.15, 0.2) is 23.2 Å². The van der Waals surface area contributed by atoms with Crippen LogP contribution in [0.1, 0.15) is 44.6 Å². The molecule has 1 unspecified atom stereocenters. The maximum Gasteiger partial charge on any atom is 0.193 e. The average molecular weight is 517 g/mol. The smallest absolute Gasteiger partial charge is 0.193 e. The monoisotopic (exact) mass is 517 g/mol. The van der Waals surface area contributed by atoms with Crippen LogP contribution in [-0.2, 0) is 11.3 Å². The van der Waals surface area contributed by atoms with E-state index < -0.39 is 0 Å². The molecule has 3 rings (SSSR count). The van der Waals surface area contributed by atoms with E-state index in [-0.39, 0.29) is 24.0 Å². The van der Waals surface area contributed by atoms with Crippen LogP contribution < -0.4 is 14.8 Å². The topological polar surface area (TPSA) is 55.3 Å². The number of nitrogens with zero attached hydrogens (tertiary/aromatic N) is 2. The van der Waals surface area contributed by atoms with Crippen LogP contribution in [0.4, 0.5) is 0 Å². The lowest BCUT2D eigenvalue weighted by Crippen LogP contribution is -2.41. The summed E-state index contributed by atoms with van der Waals surface area (Å²) in [6, 6.07) is 6.15. The second kappa shape index (κ2) is 12.5. The zero-order valence-electron chi connectivity index (χ0n) is 18.0. The van der Waals surface area contributed by atoms with Crippen molar-refractivity contribution < 1.29 is 14.2 Å². The molecule has 0 bridgehead atoms. The summed E-state index contributed by atoms with van der Waals surface area (Å²) in [6.07, 6.45) is 6.25. The van der Waals surface area contributed by atoms with E-state index >= 15 is 0 Å². The minimum atomic E-state index is 0. The maximum absolute atomic E-state index is 6.14. The van der Waals surface area contributed by atoms with Crippen LogP contribution >= 0.6 is 24.0 Å². The van der Waals surface area contributed by atoms with Crippen molar-refractivity contribution in [2.75, 3.05) is 40.5 Å². The molecular formula is C22H36IN3O3. The van der Waals surface area contributed by atoms with Gasteiger partial charge in [0.25, 0.3) is 0 Å². The van der Waals surface area contributed by atoms with E-state index in [9.17, 15) is 0 Å². The molecule has 1 aliphatic heterocycles. The van der Waals surface area contributed by atoms with E-state index in [0.29, 0.717) is 18.6 Å². The van der Waals surface area contributed by atoms with Crippen molar-refractivity contribution >= 4 is 29.9 Å². The first-order valence-electron chi connectivity index (χ1n) is 10.6. The summed E-state index contributed by atoms with van der Waals surface area (Å²) in [4.78, 5) is 7.03. The number of benzene rings is 1. The van der Waals surface area contributed by atoms with Gasteiger partial charge in [0, 0.05) is 32.7 Å². The fraction of sp³-hybridized carbons (Fsp3) is 0.682. The number of rotatable bonds is 8. The highest BCUT2D eigenvalue weighted by Crippen LogP contribution is 2.32. The Balaban J connectivity index is 0.00000300. The van der Waals surface area contributed by atoms with Gasteiger partial charge in [0.2, 0.25) is 0 Å². The molecule has 1 saturated carbocycles. The zero-order valence-corrected chi connectivity index (χ0v) is 20.3. The predicted molar refractivity (Wildman–Crippen MR) is 128 cm³/mol. The third kappa shape index (κ3) is 7.20. The highest BCUT2D eigenvalue weighted by atomic mass is 127. The third-order valence-electron chi connectivity index (χ3n) is 5.49. The molecule has 0 spiro atoms. The number of nitrogens with one attached hydrogen (secondary N) is 1. The molecule has 6 nitrogen and oxygen atoms in total. The van der Waals surface area contributed by atoms with E-state index in [1.807, 2.05) is 12.1 Å². The van der Waals surface area contributed by atoms with E-state index in [2.05, 4.69) is 30.3 Å². The van der Waals surface area contributed by atoms with Gasteiger partial charge in [-0.15, -0.1) is 24.0 Å². The molecule has 1 aromatic rings. The van der Waals surface area contributed by atoms with Gasteiger partial charge in [-0.25, -0.2) is 4.99 Å². The minimum Gasteiger partial charge on any atom is -0.493 e. The Morgan fingerprint density at radius 3 is 2.69 bits per heavy atom. The van der Waals surface area contributed by atoms with Gasteiger partial charge in [0.1, 0.15) is 0 Å². The van der Waals surface area contributed by atoms with Crippen molar-refractivity contribution in [2.45, 2.75) is 51.7 Å². The summed E-state index contributed by atoms with van der Waals surface area (Å²) in [5, 5.41) is 3.39. The largest absolute Gasteiger partial charge is 0.493 e. The Bertz CT molecular complexity index is 644. The number of methoxy groups -OCH3 is 1. The SMILES string of the molecule is CCNC(=NCc1ccc(OC2CCCC2)c(OC)c1)N(C)CC1CCOC1.I. The van der Waals surface area contributed by atoms with E-state index in [1.54, 1.807) is 7.11 Å².